The maximum absolute atomic E-state index is 11.1. The highest BCUT2D eigenvalue weighted by Gasteiger charge is 2.65. The summed E-state index contributed by atoms with van der Waals surface area (Å²) in [5.74, 6) is 0.792. The van der Waals surface area contributed by atoms with Crippen LogP contribution in [-0.4, -0.2) is 45.3 Å². The summed E-state index contributed by atoms with van der Waals surface area (Å²) in [7, 11) is 0. The molecule has 3 fully saturated rings. The number of hydrogen-bond donors (Lipinski definition) is 3. The van der Waals surface area contributed by atoms with Crippen LogP contribution in [0.3, 0.4) is 0 Å². The Balaban J connectivity index is 1.97. The molecule has 0 radical (unpaired) electrons. The van der Waals surface area contributed by atoms with E-state index in [4.69, 9.17) is 4.74 Å². The first kappa shape index (κ1) is 18.6. The molecule has 1 saturated heterocycles. The fourth-order valence-corrected chi connectivity index (χ4v) is 6.68. The van der Waals surface area contributed by atoms with Crippen molar-refractivity contribution in [1.82, 2.24) is 0 Å². The van der Waals surface area contributed by atoms with Gasteiger partial charge >= 0.3 is 0 Å². The number of aliphatic hydroxyl groups excluding tert-OH is 3. The quantitative estimate of drug-likeness (QED) is 0.723. The van der Waals surface area contributed by atoms with Crippen LogP contribution in [0.1, 0.15) is 73.1 Å². The van der Waals surface area contributed by atoms with Crippen molar-refractivity contribution in [3.63, 3.8) is 0 Å². The summed E-state index contributed by atoms with van der Waals surface area (Å²) in [5.41, 5.74) is -1.02. The highest BCUT2D eigenvalue weighted by atomic mass is 16.6. The lowest BCUT2D eigenvalue weighted by atomic mass is 9.43. The molecule has 24 heavy (non-hydrogen) atoms. The topological polar surface area (TPSA) is 69.9 Å². The lowest BCUT2D eigenvalue weighted by Crippen LogP contribution is -2.69. The Morgan fingerprint density at radius 2 is 1.71 bits per heavy atom. The molecule has 7 atom stereocenters. The van der Waals surface area contributed by atoms with Gasteiger partial charge in [0.1, 0.15) is 6.10 Å². The first-order valence-electron chi connectivity index (χ1n) is 9.67. The second kappa shape index (κ2) is 5.67. The van der Waals surface area contributed by atoms with Gasteiger partial charge in [-0.15, -0.1) is 0 Å². The van der Waals surface area contributed by atoms with Gasteiger partial charge in [-0.25, -0.2) is 0 Å². The van der Waals surface area contributed by atoms with E-state index in [1.54, 1.807) is 0 Å². The van der Waals surface area contributed by atoms with Gasteiger partial charge in [-0.1, -0.05) is 27.2 Å². The molecule has 1 aliphatic heterocycles. The van der Waals surface area contributed by atoms with Gasteiger partial charge in [-0.2, -0.15) is 0 Å². The molecule has 140 valence electrons. The van der Waals surface area contributed by atoms with Crippen LogP contribution in [-0.2, 0) is 4.74 Å². The van der Waals surface area contributed by atoms with E-state index in [1.807, 2.05) is 13.8 Å². The van der Waals surface area contributed by atoms with Gasteiger partial charge in [0.25, 0.3) is 0 Å². The third kappa shape index (κ3) is 2.48. The summed E-state index contributed by atoms with van der Waals surface area (Å²) in [4.78, 5) is 0. The molecule has 0 unspecified atom stereocenters. The summed E-state index contributed by atoms with van der Waals surface area (Å²) in [6.07, 6.45) is 4.65. The van der Waals surface area contributed by atoms with E-state index in [2.05, 4.69) is 20.8 Å². The molecular weight excluding hydrogens is 304 g/mol. The molecule has 4 heteroatoms. The van der Waals surface area contributed by atoms with E-state index >= 15 is 0 Å². The average molecular weight is 341 g/mol. The Bertz CT molecular complexity index is 492. The summed E-state index contributed by atoms with van der Waals surface area (Å²) in [5, 5.41) is 30.7. The van der Waals surface area contributed by atoms with E-state index in [0.29, 0.717) is 5.92 Å². The van der Waals surface area contributed by atoms with Gasteiger partial charge in [-0.3, -0.25) is 0 Å². The molecule has 3 N–H and O–H groups in total. The smallest absolute Gasteiger partial charge is 0.106 e. The van der Waals surface area contributed by atoms with Gasteiger partial charge < -0.3 is 20.1 Å². The first-order valence-corrected chi connectivity index (χ1v) is 9.67. The highest BCUT2D eigenvalue weighted by molar-refractivity contribution is 5.14. The maximum atomic E-state index is 11.1. The average Bonchev–Trinajstić information content (AvgIpc) is 2.48. The molecule has 4 nitrogen and oxygen atoms in total. The van der Waals surface area contributed by atoms with Crippen LogP contribution >= 0.6 is 0 Å². The SMILES string of the molecule is CC1(C)CCC[C@]2(C)[C@H]3CC[C@](C)([C@H](O)CO)O[C@]3(C)[C@H](O)C[C@@H]12. The number of hydrogen-bond acceptors (Lipinski definition) is 4. The first-order chi connectivity index (χ1) is 11.0. The van der Waals surface area contributed by atoms with Crippen molar-refractivity contribution in [2.75, 3.05) is 6.61 Å². The number of rotatable bonds is 2. The molecular formula is C20H36O4. The molecule has 2 aliphatic carbocycles. The Hall–Kier alpha value is -0.160. The predicted molar refractivity (Wildman–Crippen MR) is 93.6 cm³/mol. The van der Waals surface area contributed by atoms with Crippen molar-refractivity contribution in [3.8, 4) is 0 Å². The number of ether oxygens (including phenoxy) is 1. The van der Waals surface area contributed by atoms with Crippen LogP contribution in [0.25, 0.3) is 0 Å². The third-order valence-electron chi connectivity index (χ3n) is 8.14. The highest BCUT2D eigenvalue weighted by Crippen LogP contribution is 2.65. The van der Waals surface area contributed by atoms with Crippen molar-refractivity contribution in [2.24, 2.45) is 22.7 Å². The number of fused-ring (bicyclic) bond motifs is 3. The van der Waals surface area contributed by atoms with Crippen molar-refractivity contribution >= 4 is 0 Å². The Morgan fingerprint density at radius 3 is 2.33 bits per heavy atom. The molecule has 1 heterocycles. The van der Waals surface area contributed by atoms with E-state index < -0.39 is 23.4 Å². The monoisotopic (exact) mass is 340 g/mol. The molecule has 0 bridgehead atoms. The Labute approximate surface area is 146 Å². The molecule has 0 aromatic heterocycles. The molecule has 0 spiro atoms. The van der Waals surface area contributed by atoms with Crippen LogP contribution in [0.2, 0.25) is 0 Å². The van der Waals surface area contributed by atoms with E-state index in [9.17, 15) is 15.3 Å². The zero-order valence-corrected chi connectivity index (χ0v) is 16.0. The maximum Gasteiger partial charge on any atom is 0.106 e. The molecule has 3 rings (SSSR count). The predicted octanol–water partition coefficient (Wildman–Crippen LogP) is 2.88. The van der Waals surface area contributed by atoms with Crippen LogP contribution in [0.4, 0.5) is 0 Å². The molecule has 2 saturated carbocycles. The summed E-state index contributed by atoms with van der Waals surface area (Å²) >= 11 is 0. The van der Waals surface area contributed by atoms with E-state index in [1.165, 1.54) is 19.3 Å². The Morgan fingerprint density at radius 1 is 1.04 bits per heavy atom. The molecule has 3 aliphatic rings. The minimum atomic E-state index is -0.907. The fraction of sp³-hybridized carbons (Fsp3) is 1.00. The van der Waals surface area contributed by atoms with Crippen molar-refractivity contribution in [2.45, 2.75) is 96.6 Å². The second-order valence-corrected chi connectivity index (χ2v) is 10.0. The van der Waals surface area contributed by atoms with Crippen LogP contribution < -0.4 is 0 Å². The Kier molecular flexibility index (Phi) is 4.40. The summed E-state index contributed by atoms with van der Waals surface area (Å²) < 4.78 is 6.45. The minimum Gasteiger partial charge on any atom is -0.394 e. The van der Waals surface area contributed by atoms with Crippen molar-refractivity contribution in [3.05, 3.63) is 0 Å². The second-order valence-electron chi connectivity index (χ2n) is 10.0. The van der Waals surface area contributed by atoms with E-state index in [-0.39, 0.29) is 23.4 Å². The van der Waals surface area contributed by atoms with E-state index in [0.717, 1.165) is 19.3 Å². The van der Waals surface area contributed by atoms with Gasteiger partial charge in [0.15, 0.2) is 0 Å². The third-order valence-corrected chi connectivity index (χ3v) is 8.14. The van der Waals surface area contributed by atoms with Gasteiger partial charge in [-0.05, 0) is 68.6 Å². The van der Waals surface area contributed by atoms with Gasteiger partial charge in [0.2, 0.25) is 0 Å². The van der Waals surface area contributed by atoms with Gasteiger partial charge in [0.05, 0.1) is 23.9 Å². The molecule has 0 aromatic rings. The fourth-order valence-electron chi connectivity index (χ4n) is 6.68. The normalized spacial score (nSPS) is 52.2. The lowest BCUT2D eigenvalue weighted by molar-refractivity contribution is -0.317. The minimum absolute atomic E-state index is 0.168. The summed E-state index contributed by atoms with van der Waals surface area (Å²) in [6.45, 7) is 10.7. The lowest BCUT2D eigenvalue weighted by Gasteiger charge is -2.66. The van der Waals surface area contributed by atoms with Crippen LogP contribution in [0.15, 0.2) is 0 Å². The van der Waals surface area contributed by atoms with Crippen molar-refractivity contribution in [1.29, 1.82) is 0 Å². The molecule has 0 aromatic carbocycles. The standard InChI is InChI=1S/C20H36O4/c1-17(2)8-6-9-18(3)13-7-10-19(4,16(23)12-21)24-20(13,5)15(22)11-14(17)18/h13-16,21-23H,6-12H2,1-5H3/t13-,14+,15-,16-,18-,19-,20+/m1/s1. The van der Waals surface area contributed by atoms with Crippen LogP contribution in [0, 0.1) is 22.7 Å². The van der Waals surface area contributed by atoms with Crippen molar-refractivity contribution < 1.29 is 20.1 Å². The van der Waals surface area contributed by atoms with Gasteiger partial charge in [0, 0.05) is 0 Å². The molecule has 0 amide bonds. The zero-order valence-electron chi connectivity index (χ0n) is 16.0. The summed E-state index contributed by atoms with van der Waals surface area (Å²) in [6, 6.07) is 0. The number of aliphatic hydroxyl groups is 3. The zero-order chi connectivity index (χ0) is 18.0. The largest absolute Gasteiger partial charge is 0.394 e. The van der Waals surface area contributed by atoms with Crippen LogP contribution in [0.5, 0.6) is 0 Å².